The highest BCUT2D eigenvalue weighted by Gasteiger charge is 2.26. The number of nitrogens with one attached hydrogen (secondary N) is 1. The van der Waals surface area contributed by atoms with Gasteiger partial charge in [0.05, 0.1) is 0 Å². The maximum Gasteiger partial charge on any atom is 0.220 e. The smallest absolute Gasteiger partial charge is 0.220 e. The average molecular weight is 620 g/mol. The summed E-state index contributed by atoms with van der Waals surface area (Å²) < 4.78 is 0. The molecule has 0 radical (unpaired) electrons. The van der Waals surface area contributed by atoms with Crippen LogP contribution in [0.5, 0.6) is 5.75 Å². The largest absolute Gasteiger partial charge is 0.507 e. The van der Waals surface area contributed by atoms with Crippen molar-refractivity contribution in [3.05, 3.63) is 63.7 Å². The molecule has 1 amide bonds. The molecule has 2 aromatic rings. The first-order valence-corrected chi connectivity index (χ1v) is 17.4. The lowest BCUT2D eigenvalue weighted by Crippen LogP contribution is -2.24. The molecule has 0 aliphatic heterocycles. The molecule has 0 heterocycles. The number of carbonyl (C=O) groups excluding carboxylic acids is 2. The maximum atomic E-state index is 12.6. The van der Waals surface area contributed by atoms with E-state index in [1.165, 1.54) is 16.7 Å². The number of unbranched alkanes of at least 4 members (excludes halogenated alkanes) is 4. The molecular weight excluding hydrogens is 554 g/mol. The van der Waals surface area contributed by atoms with Crippen molar-refractivity contribution in [1.29, 1.82) is 0 Å². The number of hydrogen-bond acceptors (Lipinski definition) is 3. The van der Waals surface area contributed by atoms with Gasteiger partial charge in [-0.25, -0.2) is 0 Å². The third-order valence-electron chi connectivity index (χ3n) is 8.80. The molecule has 0 saturated carbocycles. The van der Waals surface area contributed by atoms with E-state index in [4.69, 9.17) is 0 Å². The Bertz CT molecular complexity index is 1210. The van der Waals surface area contributed by atoms with E-state index in [0.29, 0.717) is 43.8 Å². The average Bonchev–Trinajstić information content (AvgIpc) is 2.90. The SMILES string of the molecule is CC(C)(C)c1cc(CCC(=O)CCCCCCCNC(=O)CCc2cc(C(C)(C)C)c(O)c(C(C)(C)C)c2)cc(C(C)(C)C)c1. The van der Waals surface area contributed by atoms with E-state index in [9.17, 15) is 14.7 Å². The Labute approximate surface area is 276 Å². The molecule has 0 aromatic heterocycles. The van der Waals surface area contributed by atoms with Crippen LogP contribution in [0, 0.1) is 0 Å². The second kappa shape index (κ2) is 15.8. The summed E-state index contributed by atoms with van der Waals surface area (Å²) in [7, 11) is 0. The zero-order chi connectivity index (χ0) is 34.2. The summed E-state index contributed by atoms with van der Waals surface area (Å²) in [5.74, 6) is 0.814. The third kappa shape index (κ3) is 13.0. The Morgan fingerprint density at radius 2 is 1.00 bits per heavy atom. The zero-order valence-electron chi connectivity index (χ0n) is 30.9. The highest BCUT2D eigenvalue weighted by atomic mass is 16.3. The van der Waals surface area contributed by atoms with Crippen LogP contribution in [0.1, 0.15) is 168 Å². The minimum Gasteiger partial charge on any atom is -0.507 e. The molecule has 0 saturated heterocycles. The van der Waals surface area contributed by atoms with Crippen LogP contribution in [0.4, 0.5) is 0 Å². The molecule has 45 heavy (non-hydrogen) atoms. The summed E-state index contributed by atoms with van der Waals surface area (Å²) in [4.78, 5) is 25.2. The molecule has 0 unspecified atom stereocenters. The van der Waals surface area contributed by atoms with Crippen LogP contribution in [0.2, 0.25) is 0 Å². The number of phenols is 1. The van der Waals surface area contributed by atoms with Crippen molar-refractivity contribution in [1.82, 2.24) is 5.32 Å². The molecule has 2 N–H and O–H groups in total. The van der Waals surface area contributed by atoms with Gasteiger partial charge in [0.25, 0.3) is 0 Å². The monoisotopic (exact) mass is 619 g/mol. The molecule has 0 atom stereocenters. The van der Waals surface area contributed by atoms with Crippen LogP contribution >= 0.6 is 0 Å². The normalized spacial score (nSPS) is 12.8. The van der Waals surface area contributed by atoms with Gasteiger partial charge in [-0.2, -0.15) is 0 Å². The van der Waals surface area contributed by atoms with E-state index in [1.807, 2.05) is 0 Å². The molecule has 2 rings (SSSR count). The van der Waals surface area contributed by atoms with Gasteiger partial charge in [0.1, 0.15) is 11.5 Å². The van der Waals surface area contributed by atoms with Crippen LogP contribution < -0.4 is 5.32 Å². The fourth-order valence-electron chi connectivity index (χ4n) is 5.64. The number of aryl methyl sites for hydroxylation is 2. The van der Waals surface area contributed by atoms with E-state index in [1.54, 1.807) is 0 Å². The summed E-state index contributed by atoms with van der Waals surface area (Å²) in [6.07, 6.45) is 8.30. The highest BCUT2D eigenvalue weighted by Crippen LogP contribution is 2.40. The minimum absolute atomic E-state index is 0.0750. The zero-order valence-corrected chi connectivity index (χ0v) is 30.9. The van der Waals surface area contributed by atoms with E-state index >= 15 is 0 Å². The lowest BCUT2D eigenvalue weighted by atomic mass is 9.78. The molecule has 4 heteroatoms. The Balaban J connectivity index is 1.69. The summed E-state index contributed by atoms with van der Waals surface area (Å²) in [5, 5.41) is 14.0. The van der Waals surface area contributed by atoms with Gasteiger partial charge >= 0.3 is 0 Å². The van der Waals surface area contributed by atoms with Crippen molar-refractivity contribution in [3.63, 3.8) is 0 Å². The van der Waals surface area contributed by atoms with Crippen LogP contribution in [-0.2, 0) is 44.1 Å². The molecule has 0 spiro atoms. The first-order chi connectivity index (χ1) is 20.6. The van der Waals surface area contributed by atoms with E-state index in [-0.39, 0.29) is 27.6 Å². The Kier molecular flexibility index (Phi) is 13.5. The Hall–Kier alpha value is -2.62. The number of Topliss-reactive ketones (excluding diaryl/α,β-unsaturated/α-hetero) is 1. The predicted molar refractivity (Wildman–Crippen MR) is 192 cm³/mol. The fourth-order valence-corrected chi connectivity index (χ4v) is 5.64. The van der Waals surface area contributed by atoms with Crippen molar-refractivity contribution in [2.75, 3.05) is 6.54 Å². The van der Waals surface area contributed by atoms with Crippen LogP contribution in [0.15, 0.2) is 30.3 Å². The molecule has 0 aliphatic carbocycles. The number of amides is 1. The summed E-state index contributed by atoms with van der Waals surface area (Å²) in [5.41, 5.74) is 6.75. The van der Waals surface area contributed by atoms with Crippen molar-refractivity contribution in [2.45, 2.75) is 169 Å². The summed E-state index contributed by atoms with van der Waals surface area (Å²) >= 11 is 0. The van der Waals surface area contributed by atoms with Gasteiger partial charge in [0, 0.05) is 25.8 Å². The van der Waals surface area contributed by atoms with Gasteiger partial charge in [0.2, 0.25) is 5.91 Å². The molecule has 0 bridgehead atoms. The van der Waals surface area contributed by atoms with E-state index in [2.05, 4.69) is 119 Å². The first-order valence-electron chi connectivity index (χ1n) is 17.4. The van der Waals surface area contributed by atoms with E-state index in [0.717, 1.165) is 55.2 Å². The van der Waals surface area contributed by atoms with Gasteiger partial charge in [-0.1, -0.05) is 133 Å². The van der Waals surface area contributed by atoms with Gasteiger partial charge in [-0.15, -0.1) is 0 Å². The maximum absolute atomic E-state index is 12.6. The fraction of sp³-hybridized carbons (Fsp3) is 0.659. The number of hydrogen-bond donors (Lipinski definition) is 2. The van der Waals surface area contributed by atoms with Crippen LogP contribution in [-0.4, -0.2) is 23.3 Å². The van der Waals surface area contributed by atoms with Crippen molar-refractivity contribution in [2.24, 2.45) is 0 Å². The van der Waals surface area contributed by atoms with Gasteiger partial charge in [0.15, 0.2) is 0 Å². The molecule has 0 fully saturated rings. The Morgan fingerprint density at radius 3 is 1.49 bits per heavy atom. The third-order valence-corrected chi connectivity index (χ3v) is 8.80. The van der Waals surface area contributed by atoms with Crippen molar-refractivity contribution < 1.29 is 14.7 Å². The lowest BCUT2D eigenvalue weighted by Gasteiger charge is -2.28. The van der Waals surface area contributed by atoms with Crippen molar-refractivity contribution in [3.8, 4) is 5.75 Å². The Morgan fingerprint density at radius 1 is 0.556 bits per heavy atom. The summed E-state index contributed by atoms with van der Waals surface area (Å²) in [6.45, 7) is 26.9. The van der Waals surface area contributed by atoms with Gasteiger partial charge < -0.3 is 10.4 Å². The molecule has 252 valence electrons. The molecular formula is C41H65NO3. The lowest BCUT2D eigenvalue weighted by molar-refractivity contribution is -0.121. The van der Waals surface area contributed by atoms with Gasteiger partial charge in [-0.05, 0) is 80.7 Å². The quantitative estimate of drug-likeness (QED) is 0.207. The van der Waals surface area contributed by atoms with Crippen LogP contribution in [0.25, 0.3) is 0 Å². The van der Waals surface area contributed by atoms with Gasteiger partial charge in [-0.3, -0.25) is 9.59 Å². The molecule has 0 aliphatic rings. The molecule has 4 nitrogen and oxygen atoms in total. The number of aromatic hydroxyl groups is 1. The van der Waals surface area contributed by atoms with Crippen LogP contribution in [0.3, 0.4) is 0 Å². The van der Waals surface area contributed by atoms with E-state index < -0.39 is 0 Å². The summed E-state index contributed by atoms with van der Waals surface area (Å²) in [6, 6.07) is 11.0. The second-order valence-corrected chi connectivity index (χ2v) is 17.4. The number of phenolic OH excluding ortho intramolecular Hbond substituents is 1. The predicted octanol–water partition coefficient (Wildman–Crippen LogP) is 10.2. The first kappa shape index (κ1) is 38.6. The molecule has 2 aromatic carbocycles. The number of ketones is 1. The second-order valence-electron chi connectivity index (χ2n) is 17.4. The minimum atomic E-state index is -0.176. The number of carbonyl (C=O) groups is 2. The highest BCUT2D eigenvalue weighted by molar-refractivity contribution is 5.78. The number of rotatable bonds is 14. The van der Waals surface area contributed by atoms with Crippen molar-refractivity contribution >= 4 is 11.7 Å². The topological polar surface area (TPSA) is 66.4 Å². The number of benzene rings is 2. The standard InChI is InChI=1S/C41H65NO3/c1-38(2,3)31-24-29(25-32(28-31)39(4,5)6)19-21-33(43)18-16-14-13-15-17-23-42-36(44)22-20-30-26-34(40(7,8)9)37(45)35(27-30)41(10,11)12/h24-28,45H,13-23H2,1-12H3,(H,42,44).